The van der Waals surface area contributed by atoms with Gasteiger partial charge in [0, 0.05) is 12.0 Å². The second kappa shape index (κ2) is 9.33. The lowest BCUT2D eigenvalue weighted by molar-refractivity contribution is -0.164. The lowest BCUT2D eigenvalue weighted by Gasteiger charge is -2.22. The number of halogens is 2. The van der Waals surface area contributed by atoms with Crippen molar-refractivity contribution in [3.05, 3.63) is 59.7 Å². The van der Waals surface area contributed by atoms with Crippen LogP contribution >= 0.6 is 0 Å². The maximum Gasteiger partial charge on any atom is 0.407 e. The summed E-state index contributed by atoms with van der Waals surface area (Å²) in [7, 11) is 0. The minimum atomic E-state index is -4.07. The number of alkyl carbamates (subject to hydrolysis) is 1. The third-order valence-corrected chi connectivity index (χ3v) is 5.65. The SMILES string of the molecule is CC(NC(=O)OCC1c2ccccc2-c2ccccc21)C(C)C(=O)NCC(F)(F)C(=O)O. The number of nitrogens with one attached hydrogen (secondary N) is 2. The number of carboxylic acids is 1. The molecule has 2 aromatic rings. The standard InChI is InChI=1S/C23H24F2N2O5/c1-13(20(28)26-12-23(24,25)21(29)30)14(2)27-22(31)32-11-19-17-9-5-3-7-15(17)16-8-4-6-10-18(16)19/h3-10,13-14,19H,11-12H2,1-2H3,(H,26,28)(H,27,31)(H,29,30). The lowest BCUT2D eigenvalue weighted by atomic mass is 9.98. The van der Waals surface area contributed by atoms with Gasteiger partial charge in [-0.15, -0.1) is 0 Å². The molecule has 2 amide bonds. The average molecular weight is 446 g/mol. The Morgan fingerprint density at radius 1 is 1.03 bits per heavy atom. The number of hydrogen-bond donors (Lipinski definition) is 3. The van der Waals surface area contributed by atoms with E-state index in [9.17, 15) is 23.2 Å². The molecule has 1 aliphatic carbocycles. The molecule has 7 nitrogen and oxygen atoms in total. The molecule has 0 aliphatic heterocycles. The summed E-state index contributed by atoms with van der Waals surface area (Å²) in [5.74, 6) is -8.21. The number of carbonyl (C=O) groups excluding carboxylic acids is 2. The van der Waals surface area contributed by atoms with Gasteiger partial charge in [0.2, 0.25) is 5.91 Å². The fraction of sp³-hybridized carbons (Fsp3) is 0.348. The first-order chi connectivity index (χ1) is 15.1. The number of ether oxygens (including phenoxy) is 1. The minimum Gasteiger partial charge on any atom is -0.477 e. The summed E-state index contributed by atoms with van der Waals surface area (Å²) in [5.41, 5.74) is 4.30. The van der Waals surface area contributed by atoms with Crippen LogP contribution in [0.2, 0.25) is 0 Å². The Morgan fingerprint density at radius 2 is 1.56 bits per heavy atom. The predicted molar refractivity (Wildman–Crippen MR) is 112 cm³/mol. The van der Waals surface area contributed by atoms with Crippen LogP contribution < -0.4 is 10.6 Å². The van der Waals surface area contributed by atoms with Crippen molar-refractivity contribution in [1.82, 2.24) is 10.6 Å². The van der Waals surface area contributed by atoms with Gasteiger partial charge in [0.25, 0.3) is 0 Å². The fourth-order valence-corrected chi connectivity index (χ4v) is 3.61. The highest BCUT2D eigenvalue weighted by molar-refractivity contribution is 5.82. The molecule has 0 aromatic heterocycles. The van der Waals surface area contributed by atoms with E-state index in [4.69, 9.17) is 9.84 Å². The van der Waals surface area contributed by atoms with Crippen LogP contribution in [0.5, 0.6) is 0 Å². The Kier molecular flexibility index (Phi) is 6.76. The van der Waals surface area contributed by atoms with Gasteiger partial charge < -0.3 is 20.5 Å². The van der Waals surface area contributed by atoms with Crippen LogP contribution in [0.1, 0.15) is 30.9 Å². The van der Waals surface area contributed by atoms with Gasteiger partial charge >= 0.3 is 18.0 Å². The maximum absolute atomic E-state index is 13.1. The predicted octanol–water partition coefficient (Wildman–Crippen LogP) is 3.39. The molecule has 2 aromatic carbocycles. The number of rotatable bonds is 8. The molecule has 1 aliphatic rings. The number of hydrogen-bond acceptors (Lipinski definition) is 4. The van der Waals surface area contributed by atoms with Gasteiger partial charge in [-0.1, -0.05) is 55.5 Å². The van der Waals surface area contributed by atoms with E-state index in [2.05, 4.69) is 5.32 Å². The van der Waals surface area contributed by atoms with Gasteiger partial charge in [-0.3, -0.25) is 4.79 Å². The van der Waals surface area contributed by atoms with Crippen molar-refractivity contribution in [3.8, 4) is 11.1 Å². The van der Waals surface area contributed by atoms with E-state index in [0.717, 1.165) is 22.3 Å². The Morgan fingerprint density at radius 3 is 2.09 bits per heavy atom. The Balaban J connectivity index is 1.55. The average Bonchev–Trinajstić information content (AvgIpc) is 3.09. The molecule has 32 heavy (non-hydrogen) atoms. The number of fused-ring (bicyclic) bond motifs is 3. The maximum atomic E-state index is 13.1. The van der Waals surface area contributed by atoms with Crippen LogP contribution in [0.4, 0.5) is 13.6 Å². The van der Waals surface area contributed by atoms with Gasteiger partial charge in [0.15, 0.2) is 0 Å². The summed E-state index contributed by atoms with van der Waals surface area (Å²) in [5, 5.41) is 12.8. The minimum absolute atomic E-state index is 0.0952. The largest absolute Gasteiger partial charge is 0.477 e. The van der Waals surface area contributed by atoms with E-state index in [1.165, 1.54) is 13.8 Å². The second-order valence-corrected chi connectivity index (χ2v) is 7.77. The van der Waals surface area contributed by atoms with Gasteiger partial charge in [-0.05, 0) is 29.2 Å². The molecule has 0 radical (unpaired) electrons. The summed E-state index contributed by atoms with van der Waals surface area (Å²) < 4.78 is 31.7. The monoisotopic (exact) mass is 446 g/mol. The molecule has 2 unspecified atom stereocenters. The first-order valence-corrected chi connectivity index (χ1v) is 10.1. The molecule has 0 saturated carbocycles. The molecule has 9 heteroatoms. The fourth-order valence-electron chi connectivity index (χ4n) is 3.61. The molecule has 0 spiro atoms. The molecule has 0 heterocycles. The number of benzene rings is 2. The first kappa shape index (κ1) is 23.2. The van der Waals surface area contributed by atoms with Gasteiger partial charge in [-0.25, -0.2) is 9.59 Å². The van der Waals surface area contributed by atoms with E-state index < -0.39 is 42.4 Å². The third-order valence-electron chi connectivity index (χ3n) is 5.65. The first-order valence-electron chi connectivity index (χ1n) is 10.1. The highest BCUT2D eigenvalue weighted by atomic mass is 19.3. The highest BCUT2D eigenvalue weighted by Gasteiger charge is 2.39. The van der Waals surface area contributed by atoms with Crippen LogP contribution in [0.15, 0.2) is 48.5 Å². The van der Waals surface area contributed by atoms with Crippen molar-refractivity contribution >= 4 is 18.0 Å². The third kappa shape index (κ3) is 4.87. The van der Waals surface area contributed by atoms with Crippen molar-refractivity contribution < 1.29 is 33.0 Å². The van der Waals surface area contributed by atoms with Crippen molar-refractivity contribution in [2.24, 2.45) is 5.92 Å². The normalized spacial score (nSPS) is 14.6. The number of alkyl halides is 2. The zero-order valence-corrected chi connectivity index (χ0v) is 17.6. The molecule has 170 valence electrons. The van der Waals surface area contributed by atoms with Gasteiger partial charge in [0.05, 0.1) is 12.5 Å². The van der Waals surface area contributed by atoms with E-state index in [-0.39, 0.29) is 12.5 Å². The number of aliphatic carboxylic acids is 1. The molecule has 2 atom stereocenters. The summed E-state index contributed by atoms with van der Waals surface area (Å²) >= 11 is 0. The molecule has 0 saturated heterocycles. The van der Waals surface area contributed by atoms with Gasteiger partial charge in [0.1, 0.15) is 6.61 Å². The zero-order chi connectivity index (χ0) is 23.5. The van der Waals surface area contributed by atoms with E-state index in [1.54, 1.807) is 0 Å². The molecule has 0 bridgehead atoms. The van der Waals surface area contributed by atoms with Gasteiger partial charge in [-0.2, -0.15) is 8.78 Å². The number of carboxylic acid groups (broad SMARTS) is 1. The molecule has 3 rings (SSSR count). The van der Waals surface area contributed by atoms with Crippen LogP contribution in [0.3, 0.4) is 0 Å². The molecule has 0 fully saturated rings. The molecular weight excluding hydrogens is 422 g/mol. The smallest absolute Gasteiger partial charge is 0.407 e. The van der Waals surface area contributed by atoms with Crippen LogP contribution in [0.25, 0.3) is 11.1 Å². The van der Waals surface area contributed by atoms with Crippen LogP contribution in [-0.2, 0) is 14.3 Å². The van der Waals surface area contributed by atoms with Crippen molar-refractivity contribution in [3.63, 3.8) is 0 Å². The number of amides is 2. The Labute approximate surface area is 183 Å². The van der Waals surface area contributed by atoms with Crippen LogP contribution in [-0.4, -0.2) is 48.2 Å². The Hall–Kier alpha value is -3.49. The topological polar surface area (TPSA) is 105 Å². The van der Waals surface area contributed by atoms with E-state index >= 15 is 0 Å². The molecule has 3 N–H and O–H groups in total. The van der Waals surface area contributed by atoms with Crippen molar-refractivity contribution in [2.45, 2.75) is 31.7 Å². The second-order valence-electron chi connectivity index (χ2n) is 7.77. The quantitative estimate of drug-likeness (QED) is 0.577. The van der Waals surface area contributed by atoms with Crippen molar-refractivity contribution in [2.75, 3.05) is 13.2 Å². The Bertz CT molecular complexity index is 981. The summed E-state index contributed by atoms with van der Waals surface area (Å²) in [6, 6.07) is 15.0. The van der Waals surface area contributed by atoms with Crippen LogP contribution in [0, 0.1) is 5.92 Å². The summed E-state index contributed by atoms with van der Waals surface area (Å²) in [6.07, 6.45) is -0.741. The molecular formula is C23H24F2N2O5. The zero-order valence-electron chi connectivity index (χ0n) is 17.6. The van der Waals surface area contributed by atoms with Crippen molar-refractivity contribution in [1.29, 1.82) is 0 Å². The lowest BCUT2D eigenvalue weighted by Crippen LogP contribution is -2.48. The number of carbonyl (C=O) groups is 3. The van der Waals surface area contributed by atoms with E-state index in [1.807, 2.05) is 53.8 Å². The van der Waals surface area contributed by atoms with E-state index in [0.29, 0.717) is 0 Å². The summed E-state index contributed by atoms with van der Waals surface area (Å²) in [6.45, 7) is 1.73. The summed E-state index contributed by atoms with van der Waals surface area (Å²) in [4.78, 5) is 34.8. The highest BCUT2D eigenvalue weighted by Crippen LogP contribution is 2.44.